The minimum atomic E-state index is -4.18. The molecular formula is C24H30N4O7S. The summed E-state index contributed by atoms with van der Waals surface area (Å²) in [4.78, 5) is 13.6. The predicted molar refractivity (Wildman–Crippen MR) is 133 cm³/mol. The number of phenolic OH excluding ortho intramolecular Hbond substituents is 1. The minimum Gasteiger partial charge on any atom is -0.505 e. The van der Waals surface area contributed by atoms with Gasteiger partial charge in [-0.05, 0) is 51.0 Å². The van der Waals surface area contributed by atoms with Crippen molar-refractivity contribution in [3.63, 3.8) is 0 Å². The number of anilines is 1. The maximum atomic E-state index is 13.1. The zero-order valence-electron chi connectivity index (χ0n) is 20.9. The largest absolute Gasteiger partial charge is 0.505 e. The first-order valence-corrected chi connectivity index (χ1v) is 12.9. The molecule has 1 atom stereocenters. The molecule has 1 aromatic carbocycles. The van der Waals surface area contributed by atoms with E-state index in [1.807, 2.05) is 26.8 Å². The van der Waals surface area contributed by atoms with Gasteiger partial charge in [0.15, 0.2) is 17.9 Å². The van der Waals surface area contributed by atoms with Gasteiger partial charge in [-0.15, -0.1) is 4.40 Å². The molecule has 0 unspecified atom stereocenters. The van der Waals surface area contributed by atoms with E-state index in [4.69, 9.17) is 13.9 Å². The fraction of sp³-hybridized carbons (Fsp3) is 0.417. The third-order valence-corrected chi connectivity index (χ3v) is 7.37. The molecule has 2 aliphatic heterocycles. The number of benzene rings is 1. The lowest BCUT2D eigenvalue weighted by molar-refractivity contribution is -0.356. The van der Waals surface area contributed by atoms with Crippen LogP contribution in [0.25, 0.3) is 0 Å². The maximum Gasteiger partial charge on any atom is 0.287 e. The van der Waals surface area contributed by atoms with Crippen molar-refractivity contribution in [1.29, 1.82) is 0 Å². The summed E-state index contributed by atoms with van der Waals surface area (Å²) in [7, 11) is -1.04. The second-order valence-electron chi connectivity index (χ2n) is 8.85. The number of phenols is 1. The number of furan rings is 1. The van der Waals surface area contributed by atoms with Crippen molar-refractivity contribution in [2.24, 2.45) is 4.40 Å². The average molecular weight is 519 g/mol. The van der Waals surface area contributed by atoms with Crippen molar-refractivity contribution in [3.05, 3.63) is 57.5 Å². The van der Waals surface area contributed by atoms with Gasteiger partial charge in [0.1, 0.15) is 22.1 Å². The van der Waals surface area contributed by atoms with E-state index in [1.165, 1.54) is 17.0 Å². The Morgan fingerprint density at radius 2 is 1.94 bits per heavy atom. The second kappa shape index (κ2) is 9.60. The number of ether oxygens (including phenoxy) is 2. The molecule has 12 heteroatoms. The van der Waals surface area contributed by atoms with Gasteiger partial charge in [-0.25, -0.2) is 0 Å². The molecule has 36 heavy (non-hydrogen) atoms. The Hall–Kier alpha value is -3.35. The number of amidine groups is 1. The van der Waals surface area contributed by atoms with Gasteiger partial charge in [-0.1, -0.05) is 13.0 Å². The van der Waals surface area contributed by atoms with Crippen LogP contribution < -0.4 is 10.6 Å². The molecule has 0 spiro atoms. The lowest BCUT2D eigenvalue weighted by atomic mass is 10.1. The molecule has 2 aliphatic rings. The van der Waals surface area contributed by atoms with Crippen molar-refractivity contribution in [2.45, 2.75) is 52.7 Å². The zero-order chi connectivity index (χ0) is 26.4. The van der Waals surface area contributed by atoms with Crippen molar-refractivity contribution in [2.75, 3.05) is 19.4 Å². The van der Waals surface area contributed by atoms with Gasteiger partial charge in [0, 0.05) is 14.1 Å². The Labute approximate surface area is 209 Å². The number of carbonyl (C=O) groups is 1. The van der Waals surface area contributed by atoms with E-state index in [9.17, 15) is 18.3 Å². The van der Waals surface area contributed by atoms with Crippen molar-refractivity contribution in [3.8, 4) is 5.75 Å². The fourth-order valence-corrected chi connectivity index (χ4v) is 5.15. The second-order valence-corrected chi connectivity index (χ2v) is 10.4. The number of aromatic hydroxyl groups is 1. The number of aryl methyl sites for hydroxylation is 2. The molecule has 3 heterocycles. The van der Waals surface area contributed by atoms with Crippen LogP contribution in [-0.2, 0) is 19.5 Å². The number of hydrogen-bond donors (Lipinski definition) is 3. The zero-order valence-corrected chi connectivity index (χ0v) is 21.8. The molecule has 0 radical (unpaired) electrons. The first kappa shape index (κ1) is 25.7. The number of nitrogens with one attached hydrogen (secondary N) is 2. The van der Waals surface area contributed by atoms with Crippen LogP contribution >= 0.6 is 0 Å². The monoisotopic (exact) mass is 518 g/mol. The van der Waals surface area contributed by atoms with Crippen LogP contribution in [-0.4, -0.2) is 56.8 Å². The number of nitrogens with zero attached hydrogens (tertiary/aromatic N) is 2. The van der Waals surface area contributed by atoms with E-state index < -0.39 is 28.5 Å². The number of rotatable bonds is 7. The Bertz CT molecular complexity index is 1330. The highest BCUT2D eigenvalue weighted by atomic mass is 32.2. The Kier molecular flexibility index (Phi) is 6.86. The Morgan fingerprint density at radius 3 is 2.50 bits per heavy atom. The topological polar surface area (TPSA) is 143 Å². The molecule has 1 aromatic heterocycles. The quantitative estimate of drug-likeness (QED) is 0.471. The first-order valence-electron chi connectivity index (χ1n) is 11.5. The summed E-state index contributed by atoms with van der Waals surface area (Å²) in [5, 5.41) is 17.0. The van der Waals surface area contributed by atoms with E-state index in [0.29, 0.717) is 12.2 Å². The van der Waals surface area contributed by atoms with Gasteiger partial charge in [0.25, 0.3) is 15.9 Å². The number of para-hydroxylation sites is 1. The molecular weight excluding hydrogens is 488 g/mol. The van der Waals surface area contributed by atoms with Gasteiger partial charge in [0.05, 0.1) is 17.3 Å². The van der Waals surface area contributed by atoms with Gasteiger partial charge in [0.2, 0.25) is 6.29 Å². The van der Waals surface area contributed by atoms with Crippen LogP contribution in [0.15, 0.2) is 43.7 Å². The summed E-state index contributed by atoms with van der Waals surface area (Å²) in [6.07, 6.45) is -1.18. The highest BCUT2D eigenvalue weighted by Gasteiger charge is 2.45. The van der Waals surface area contributed by atoms with Crippen LogP contribution in [0, 0.1) is 13.8 Å². The van der Waals surface area contributed by atoms with Crippen LogP contribution in [0.2, 0.25) is 0 Å². The Balaban J connectivity index is 1.76. The molecule has 4 rings (SSSR count). The summed E-state index contributed by atoms with van der Waals surface area (Å²) >= 11 is 0. The number of amides is 1. The smallest absolute Gasteiger partial charge is 0.287 e. The summed E-state index contributed by atoms with van der Waals surface area (Å²) in [6.45, 7) is 7.34. The summed E-state index contributed by atoms with van der Waals surface area (Å²) in [5.41, 5.74) is 1.19. The molecule has 1 saturated heterocycles. The van der Waals surface area contributed by atoms with Gasteiger partial charge in [-0.3, -0.25) is 4.79 Å². The highest BCUT2D eigenvalue weighted by molar-refractivity contribution is 7.94. The molecule has 0 aliphatic carbocycles. The standard InChI is InChI=1S/C24H30N4O7S/c1-7-16(18-11-12(2)13(3)33-18)26-22-19(21(36(31,32)27-22)24-34-14(4)35-24)25-17-10-8-9-15(20(17)29)23(30)28(5)6/h8-11,14,16,24-25,29H,7H2,1-6H3,(H,26,27)/t14?,16-,24?/m1/s1. The first-order chi connectivity index (χ1) is 16.9. The number of hydrogen-bond acceptors (Lipinski definition) is 9. The number of sulfonamides is 1. The van der Waals surface area contributed by atoms with Crippen molar-refractivity contribution >= 4 is 27.5 Å². The molecule has 1 fully saturated rings. The average Bonchev–Trinajstić information content (AvgIpc) is 3.25. The lowest BCUT2D eigenvalue weighted by Gasteiger charge is -2.34. The summed E-state index contributed by atoms with van der Waals surface area (Å²) in [5.74, 6) is 0.661. The lowest BCUT2D eigenvalue weighted by Crippen LogP contribution is -2.42. The predicted octanol–water partition coefficient (Wildman–Crippen LogP) is 3.13. The van der Waals surface area contributed by atoms with E-state index in [0.717, 1.165) is 11.3 Å². The molecule has 1 amide bonds. The summed E-state index contributed by atoms with van der Waals surface area (Å²) < 4.78 is 47.0. The summed E-state index contributed by atoms with van der Waals surface area (Å²) in [6, 6.07) is 6.08. The maximum absolute atomic E-state index is 13.1. The third kappa shape index (κ3) is 4.71. The fourth-order valence-electron chi connectivity index (χ4n) is 3.91. The van der Waals surface area contributed by atoms with Crippen LogP contribution in [0.5, 0.6) is 5.75 Å². The van der Waals surface area contributed by atoms with Crippen LogP contribution in [0.3, 0.4) is 0 Å². The van der Waals surface area contributed by atoms with Crippen LogP contribution in [0.4, 0.5) is 5.69 Å². The van der Waals surface area contributed by atoms with Gasteiger partial charge >= 0.3 is 0 Å². The van der Waals surface area contributed by atoms with Crippen LogP contribution in [0.1, 0.15) is 53.8 Å². The minimum absolute atomic E-state index is 0.0130. The van der Waals surface area contributed by atoms with E-state index in [1.54, 1.807) is 27.1 Å². The van der Waals surface area contributed by atoms with Crippen molar-refractivity contribution in [1.82, 2.24) is 10.2 Å². The molecule has 0 bridgehead atoms. The van der Waals surface area contributed by atoms with Gasteiger partial charge in [-0.2, -0.15) is 8.42 Å². The van der Waals surface area contributed by atoms with E-state index in [2.05, 4.69) is 15.0 Å². The van der Waals surface area contributed by atoms with Gasteiger partial charge < -0.3 is 34.5 Å². The molecule has 11 nitrogen and oxygen atoms in total. The van der Waals surface area contributed by atoms with Crippen molar-refractivity contribution < 1.29 is 32.2 Å². The normalized spacial score (nSPS) is 21.6. The molecule has 0 saturated carbocycles. The SMILES string of the molecule is CC[C@@H](NC1=NS(=O)(=O)C(C2OC(C)O2)=C1Nc1cccc(C(=O)N(C)C)c1O)c1cc(C)c(C)o1. The molecule has 2 aromatic rings. The molecule has 194 valence electrons. The van der Waals surface area contributed by atoms with E-state index >= 15 is 0 Å². The van der Waals surface area contributed by atoms with E-state index in [-0.39, 0.29) is 39.5 Å². The molecule has 3 N–H and O–H groups in total. The highest BCUT2D eigenvalue weighted by Crippen LogP contribution is 2.37. The number of carbonyl (C=O) groups excluding carboxylic acids is 1. The Morgan fingerprint density at radius 1 is 1.25 bits per heavy atom. The third-order valence-electron chi connectivity index (χ3n) is 6.00.